The predicted octanol–water partition coefficient (Wildman–Crippen LogP) is 22.4. The van der Waals surface area contributed by atoms with E-state index in [0.717, 1.165) is 70.6 Å². The molecule has 0 N–H and O–H groups in total. The maximum atomic E-state index is 12.8. The van der Waals surface area contributed by atoms with Gasteiger partial charge in [0.05, 0.1) is 0 Å². The van der Waals surface area contributed by atoms with Gasteiger partial charge in [0.15, 0.2) is 6.10 Å². The third kappa shape index (κ3) is 60.5. The van der Waals surface area contributed by atoms with Crippen LogP contribution in [0.15, 0.2) is 36.5 Å². The highest BCUT2D eigenvalue weighted by Gasteiger charge is 2.19. The normalized spacial score (nSPS) is 12.2. The van der Waals surface area contributed by atoms with Crippen LogP contribution < -0.4 is 0 Å². The van der Waals surface area contributed by atoms with E-state index in [1.807, 2.05) is 0 Å². The lowest BCUT2D eigenvalue weighted by Gasteiger charge is -2.18. The molecule has 1 atom stereocenters. The number of esters is 3. The minimum Gasteiger partial charge on any atom is -0.462 e. The Morgan fingerprint density at radius 2 is 0.486 bits per heavy atom. The highest BCUT2D eigenvalue weighted by atomic mass is 16.6. The largest absolute Gasteiger partial charge is 0.462 e. The summed E-state index contributed by atoms with van der Waals surface area (Å²) in [6, 6.07) is 0. The maximum absolute atomic E-state index is 12.8. The summed E-state index contributed by atoms with van der Waals surface area (Å²) in [5.74, 6) is -0.865. The van der Waals surface area contributed by atoms with Crippen LogP contribution in [0.4, 0.5) is 0 Å². The first kappa shape index (κ1) is 71.6. The van der Waals surface area contributed by atoms with Crippen LogP contribution >= 0.6 is 0 Å². The molecule has 0 aromatic carbocycles. The average Bonchev–Trinajstić information content (AvgIpc) is 3.40. The minimum absolute atomic E-state index is 0.0711. The molecule has 0 aromatic rings. The maximum Gasteiger partial charge on any atom is 0.306 e. The summed E-state index contributed by atoms with van der Waals surface area (Å²) in [6.07, 6.45) is 77.7. The van der Waals surface area contributed by atoms with Crippen molar-refractivity contribution >= 4 is 17.9 Å². The number of allylic oxidation sites excluding steroid dienone is 6. The first-order valence-corrected chi connectivity index (χ1v) is 33.0. The van der Waals surface area contributed by atoms with Crippen LogP contribution in [0.1, 0.15) is 361 Å². The van der Waals surface area contributed by atoms with E-state index in [0.29, 0.717) is 19.3 Å². The molecule has 434 valence electrons. The Hall–Kier alpha value is -2.37. The number of ether oxygens (including phenoxy) is 3. The molecule has 0 radical (unpaired) electrons. The van der Waals surface area contributed by atoms with E-state index in [9.17, 15) is 14.4 Å². The molecule has 0 aliphatic rings. The van der Waals surface area contributed by atoms with Crippen LogP contribution in [-0.2, 0) is 28.6 Å². The van der Waals surface area contributed by atoms with Crippen molar-refractivity contribution in [2.24, 2.45) is 0 Å². The SMILES string of the molecule is CCCCCC/C=C\C/C=C\CCCCCCCCCC(=O)OC(COC(=O)CCCCCCCCC)COC(=O)CCCCCCCCCCCCCCCCCCCCC/C=C\CCCCCCCCCC. The molecule has 1 unspecified atom stereocenters. The quantitative estimate of drug-likeness (QED) is 0.0261. The highest BCUT2D eigenvalue weighted by molar-refractivity contribution is 5.71. The van der Waals surface area contributed by atoms with Crippen molar-refractivity contribution in [3.8, 4) is 0 Å². The van der Waals surface area contributed by atoms with Crippen LogP contribution in [0.5, 0.6) is 0 Å². The Kier molecular flexibility index (Phi) is 61.1. The van der Waals surface area contributed by atoms with Gasteiger partial charge in [-0.3, -0.25) is 14.4 Å². The summed E-state index contributed by atoms with van der Waals surface area (Å²) < 4.78 is 16.8. The van der Waals surface area contributed by atoms with E-state index in [1.165, 1.54) is 250 Å². The first-order chi connectivity index (χ1) is 36.5. The summed E-state index contributed by atoms with van der Waals surface area (Å²) >= 11 is 0. The van der Waals surface area contributed by atoms with E-state index in [4.69, 9.17) is 14.2 Å². The van der Waals surface area contributed by atoms with Gasteiger partial charge < -0.3 is 14.2 Å². The fourth-order valence-corrected chi connectivity index (χ4v) is 9.88. The predicted molar refractivity (Wildman–Crippen MR) is 321 cm³/mol. The molecule has 0 aliphatic carbocycles. The molecule has 0 heterocycles. The fraction of sp³-hybridized carbons (Fsp3) is 0.868. The molecule has 0 bridgehead atoms. The molecular formula is C68H126O6. The lowest BCUT2D eigenvalue weighted by molar-refractivity contribution is -0.167. The summed E-state index contributed by atoms with van der Waals surface area (Å²) in [6.45, 7) is 6.62. The number of carbonyl (C=O) groups is 3. The minimum atomic E-state index is -0.771. The van der Waals surface area contributed by atoms with Gasteiger partial charge in [-0.15, -0.1) is 0 Å². The van der Waals surface area contributed by atoms with E-state index < -0.39 is 6.10 Å². The van der Waals surface area contributed by atoms with Gasteiger partial charge in [0.25, 0.3) is 0 Å². The van der Waals surface area contributed by atoms with Gasteiger partial charge in [0, 0.05) is 19.3 Å². The molecule has 0 amide bonds. The van der Waals surface area contributed by atoms with E-state index in [1.54, 1.807) is 0 Å². The molecule has 0 aromatic heterocycles. The Balaban J connectivity index is 4.00. The number of carbonyl (C=O) groups excluding carboxylic acids is 3. The fourth-order valence-electron chi connectivity index (χ4n) is 9.88. The lowest BCUT2D eigenvalue weighted by atomic mass is 10.0. The van der Waals surface area contributed by atoms with Crippen LogP contribution in [-0.4, -0.2) is 37.2 Å². The van der Waals surface area contributed by atoms with Crippen LogP contribution in [0.2, 0.25) is 0 Å². The van der Waals surface area contributed by atoms with Crippen molar-refractivity contribution in [3.05, 3.63) is 36.5 Å². The Labute approximate surface area is 461 Å². The molecule has 6 heteroatoms. The molecular weight excluding hydrogens is 913 g/mol. The Morgan fingerprint density at radius 3 is 0.770 bits per heavy atom. The standard InChI is InChI=1S/C68H126O6/c1-4-7-10-13-16-18-20-22-24-26-28-29-30-31-32-33-34-35-36-37-38-39-40-42-43-45-47-49-52-55-58-61-67(70)73-64-65(63-72-66(69)60-57-54-51-15-12-9-6-3)74-68(71)62-59-56-53-50-48-46-44-41-27-25-23-21-19-17-14-11-8-5-2/h19,21,25-28,65H,4-18,20,22-24,29-64H2,1-3H3/b21-19-,27-25-,28-26-. The van der Waals surface area contributed by atoms with Gasteiger partial charge in [-0.1, -0.05) is 301 Å². The molecule has 0 spiro atoms. The highest BCUT2D eigenvalue weighted by Crippen LogP contribution is 2.18. The number of hydrogen-bond acceptors (Lipinski definition) is 6. The van der Waals surface area contributed by atoms with Crippen LogP contribution in [0, 0.1) is 0 Å². The smallest absolute Gasteiger partial charge is 0.306 e. The van der Waals surface area contributed by atoms with Gasteiger partial charge in [-0.05, 0) is 77.0 Å². The summed E-state index contributed by atoms with van der Waals surface area (Å²) in [5, 5.41) is 0. The van der Waals surface area contributed by atoms with Gasteiger partial charge in [0.1, 0.15) is 13.2 Å². The third-order valence-electron chi connectivity index (χ3n) is 14.9. The molecule has 0 aliphatic heterocycles. The van der Waals surface area contributed by atoms with Crippen molar-refractivity contribution in [1.29, 1.82) is 0 Å². The number of unbranched alkanes of at least 4 members (excludes halogenated alkanes) is 44. The zero-order chi connectivity index (χ0) is 53.6. The summed E-state index contributed by atoms with van der Waals surface area (Å²) in [5.41, 5.74) is 0. The van der Waals surface area contributed by atoms with E-state index in [2.05, 4.69) is 57.2 Å². The topological polar surface area (TPSA) is 78.9 Å². The van der Waals surface area contributed by atoms with Crippen LogP contribution in [0.25, 0.3) is 0 Å². The van der Waals surface area contributed by atoms with Gasteiger partial charge >= 0.3 is 17.9 Å². The molecule has 0 saturated heterocycles. The zero-order valence-corrected chi connectivity index (χ0v) is 49.9. The van der Waals surface area contributed by atoms with E-state index in [-0.39, 0.29) is 31.1 Å². The Morgan fingerprint density at radius 1 is 0.270 bits per heavy atom. The van der Waals surface area contributed by atoms with Crippen molar-refractivity contribution in [2.45, 2.75) is 367 Å². The molecule has 0 fully saturated rings. The second-order valence-corrected chi connectivity index (χ2v) is 22.4. The van der Waals surface area contributed by atoms with Crippen LogP contribution in [0.3, 0.4) is 0 Å². The Bertz CT molecular complexity index is 1240. The second-order valence-electron chi connectivity index (χ2n) is 22.4. The third-order valence-corrected chi connectivity index (χ3v) is 14.9. The second kappa shape index (κ2) is 63.2. The molecule has 0 rings (SSSR count). The lowest BCUT2D eigenvalue weighted by Crippen LogP contribution is -2.30. The summed E-state index contributed by atoms with van der Waals surface area (Å²) in [4.78, 5) is 38.0. The average molecular weight is 1040 g/mol. The van der Waals surface area contributed by atoms with Crippen molar-refractivity contribution in [1.82, 2.24) is 0 Å². The zero-order valence-electron chi connectivity index (χ0n) is 49.9. The monoisotopic (exact) mass is 1040 g/mol. The summed E-state index contributed by atoms with van der Waals surface area (Å²) in [7, 11) is 0. The van der Waals surface area contributed by atoms with Crippen molar-refractivity contribution in [2.75, 3.05) is 13.2 Å². The van der Waals surface area contributed by atoms with Gasteiger partial charge in [0.2, 0.25) is 0 Å². The van der Waals surface area contributed by atoms with Crippen molar-refractivity contribution in [3.63, 3.8) is 0 Å². The molecule has 74 heavy (non-hydrogen) atoms. The van der Waals surface area contributed by atoms with Gasteiger partial charge in [-0.25, -0.2) is 0 Å². The number of rotatable bonds is 61. The van der Waals surface area contributed by atoms with E-state index >= 15 is 0 Å². The van der Waals surface area contributed by atoms with Gasteiger partial charge in [-0.2, -0.15) is 0 Å². The molecule has 0 saturated carbocycles. The number of hydrogen-bond donors (Lipinski definition) is 0. The van der Waals surface area contributed by atoms with Crippen molar-refractivity contribution < 1.29 is 28.6 Å². The molecule has 6 nitrogen and oxygen atoms in total. The first-order valence-electron chi connectivity index (χ1n) is 33.0.